The van der Waals surface area contributed by atoms with Crippen molar-refractivity contribution in [1.82, 2.24) is 19.5 Å². The minimum atomic E-state index is 0.657. The molecule has 1 fully saturated rings. The van der Waals surface area contributed by atoms with Gasteiger partial charge in [-0.25, -0.2) is 0 Å². The number of carbonyl (C=O) groups is 1. The largest absolute Gasteiger partial charge is 0.303 e. The van der Waals surface area contributed by atoms with Crippen LogP contribution in [0.4, 0.5) is 0 Å². The molecule has 1 saturated heterocycles. The van der Waals surface area contributed by atoms with E-state index in [4.69, 9.17) is 0 Å². The van der Waals surface area contributed by atoms with Crippen molar-refractivity contribution in [2.24, 2.45) is 0 Å². The van der Waals surface area contributed by atoms with Crippen molar-refractivity contribution in [2.45, 2.75) is 19.3 Å². The molecule has 0 atom stereocenters. The second-order valence-corrected chi connectivity index (χ2v) is 4.72. The number of rotatable bonds is 4. The molecule has 18 heavy (non-hydrogen) atoms. The number of nitrogens with zero attached hydrogens (tertiary/aromatic N) is 4. The highest BCUT2D eigenvalue weighted by atomic mass is 16.1. The molecule has 5 heteroatoms. The summed E-state index contributed by atoms with van der Waals surface area (Å²) in [5.41, 5.74) is 1.46. The van der Waals surface area contributed by atoms with Crippen LogP contribution in [0.5, 0.6) is 0 Å². The van der Waals surface area contributed by atoms with Crippen LogP contribution in [0.2, 0.25) is 0 Å². The van der Waals surface area contributed by atoms with Crippen LogP contribution in [0, 0.1) is 0 Å². The Morgan fingerprint density at radius 2 is 2.06 bits per heavy atom. The van der Waals surface area contributed by atoms with Crippen LogP contribution in [-0.2, 0) is 6.42 Å². The Bertz CT molecular complexity index is 557. The van der Waals surface area contributed by atoms with E-state index >= 15 is 0 Å². The van der Waals surface area contributed by atoms with Crippen molar-refractivity contribution in [3.05, 3.63) is 29.7 Å². The molecule has 1 aliphatic rings. The van der Waals surface area contributed by atoms with Crippen molar-refractivity contribution < 1.29 is 4.79 Å². The number of hydrogen-bond donors (Lipinski definition) is 0. The highest BCUT2D eigenvalue weighted by Crippen LogP contribution is 2.10. The highest BCUT2D eigenvalue weighted by Gasteiger charge is 2.13. The van der Waals surface area contributed by atoms with Gasteiger partial charge >= 0.3 is 0 Å². The molecule has 0 amide bonds. The first-order valence-corrected chi connectivity index (χ1v) is 6.38. The third-order valence-corrected chi connectivity index (χ3v) is 3.48. The molecule has 2 aromatic heterocycles. The van der Waals surface area contributed by atoms with Gasteiger partial charge < -0.3 is 4.90 Å². The van der Waals surface area contributed by atoms with E-state index in [9.17, 15) is 4.79 Å². The Kier molecular flexibility index (Phi) is 3.06. The van der Waals surface area contributed by atoms with Gasteiger partial charge in [-0.05, 0) is 38.1 Å². The zero-order chi connectivity index (χ0) is 12.4. The van der Waals surface area contributed by atoms with Gasteiger partial charge in [0.25, 0.3) is 0 Å². The normalized spacial score (nSPS) is 16.4. The molecule has 0 aromatic carbocycles. The van der Waals surface area contributed by atoms with Crippen LogP contribution in [-0.4, -0.2) is 45.4 Å². The summed E-state index contributed by atoms with van der Waals surface area (Å²) in [7, 11) is 0. The van der Waals surface area contributed by atoms with Crippen LogP contribution < -0.4 is 0 Å². The van der Waals surface area contributed by atoms with E-state index < -0.39 is 0 Å². The van der Waals surface area contributed by atoms with Gasteiger partial charge in [-0.1, -0.05) is 0 Å². The number of hydrogen-bond acceptors (Lipinski definition) is 4. The monoisotopic (exact) mass is 244 g/mol. The fourth-order valence-corrected chi connectivity index (χ4v) is 2.46. The van der Waals surface area contributed by atoms with Gasteiger partial charge in [0, 0.05) is 24.7 Å². The second kappa shape index (κ2) is 4.86. The molecule has 1 aliphatic heterocycles. The number of pyridine rings is 1. The first-order valence-electron chi connectivity index (χ1n) is 6.38. The molecule has 0 N–H and O–H groups in total. The van der Waals surface area contributed by atoms with E-state index in [0.717, 1.165) is 30.7 Å². The number of carbonyl (C=O) groups excluding carboxylic acids is 1. The molecule has 0 saturated carbocycles. The predicted octanol–water partition coefficient (Wildman–Crippen LogP) is 1.18. The summed E-state index contributed by atoms with van der Waals surface area (Å²) in [6.45, 7) is 3.40. The Hall–Kier alpha value is -1.75. The quantitative estimate of drug-likeness (QED) is 0.758. The molecule has 0 unspecified atom stereocenters. The Morgan fingerprint density at radius 3 is 2.83 bits per heavy atom. The Morgan fingerprint density at radius 1 is 1.22 bits per heavy atom. The SMILES string of the molecule is O=Cc1ccc2nnc(CCN3CCCC3)n2c1. The average molecular weight is 244 g/mol. The maximum atomic E-state index is 10.8. The van der Waals surface area contributed by atoms with Crippen molar-refractivity contribution in [3.8, 4) is 0 Å². The van der Waals surface area contributed by atoms with E-state index in [2.05, 4.69) is 15.1 Å². The molecule has 94 valence electrons. The minimum absolute atomic E-state index is 0.657. The number of aldehydes is 1. The zero-order valence-electron chi connectivity index (χ0n) is 10.2. The Balaban J connectivity index is 1.80. The Labute approximate surface area is 105 Å². The summed E-state index contributed by atoms with van der Waals surface area (Å²) >= 11 is 0. The molecular formula is C13H16N4O. The summed E-state index contributed by atoms with van der Waals surface area (Å²) < 4.78 is 1.92. The maximum Gasteiger partial charge on any atom is 0.160 e. The van der Waals surface area contributed by atoms with Gasteiger partial charge in [-0.2, -0.15) is 0 Å². The predicted molar refractivity (Wildman–Crippen MR) is 67.8 cm³/mol. The lowest BCUT2D eigenvalue weighted by atomic mass is 10.3. The van der Waals surface area contributed by atoms with Gasteiger partial charge in [0.2, 0.25) is 0 Å². The van der Waals surface area contributed by atoms with E-state index in [1.165, 1.54) is 25.9 Å². The van der Waals surface area contributed by atoms with E-state index in [0.29, 0.717) is 5.56 Å². The maximum absolute atomic E-state index is 10.8. The summed E-state index contributed by atoms with van der Waals surface area (Å²) in [6.07, 6.45) is 6.14. The molecular weight excluding hydrogens is 228 g/mol. The third-order valence-electron chi connectivity index (χ3n) is 3.48. The number of aromatic nitrogens is 3. The summed E-state index contributed by atoms with van der Waals surface area (Å²) in [4.78, 5) is 13.2. The molecule has 2 aromatic rings. The van der Waals surface area contributed by atoms with E-state index in [1.807, 2.05) is 16.7 Å². The van der Waals surface area contributed by atoms with E-state index in [-0.39, 0.29) is 0 Å². The van der Waals surface area contributed by atoms with Crippen molar-refractivity contribution in [3.63, 3.8) is 0 Å². The zero-order valence-corrected chi connectivity index (χ0v) is 10.2. The molecule has 0 aliphatic carbocycles. The van der Waals surface area contributed by atoms with Crippen molar-refractivity contribution in [1.29, 1.82) is 0 Å². The van der Waals surface area contributed by atoms with E-state index in [1.54, 1.807) is 6.07 Å². The summed E-state index contributed by atoms with van der Waals surface area (Å²) in [5, 5.41) is 8.32. The average Bonchev–Trinajstić information content (AvgIpc) is 3.05. The molecule has 0 radical (unpaired) electrons. The van der Waals surface area contributed by atoms with Gasteiger partial charge in [0.15, 0.2) is 11.9 Å². The van der Waals surface area contributed by atoms with Gasteiger partial charge in [-0.3, -0.25) is 9.20 Å². The number of likely N-dealkylation sites (tertiary alicyclic amines) is 1. The highest BCUT2D eigenvalue weighted by molar-refractivity contribution is 5.74. The molecule has 3 rings (SSSR count). The van der Waals surface area contributed by atoms with Crippen LogP contribution in [0.3, 0.4) is 0 Å². The number of fused-ring (bicyclic) bond motifs is 1. The lowest BCUT2D eigenvalue weighted by Crippen LogP contribution is -2.22. The third kappa shape index (κ3) is 2.13. The smallest absolute Gasteiger partial charge is 0.160 e. The lowest BCUT2D eigenvalue weighted by Gasteiger charge is -2.13. The fourth-order valence-electron chi connectivity index (χ4n) is 2.46. The van der Waals surface area contributed by atoms with Crippen LogP contribution in [0.15, 0.2) is 18.3 Å². The summed E-state index contributed by atoms with van der Waals surface area (Å²) in [5.74, 6) is 0.931. The van der Waals surface area contributed by atoms with Crippen molar-refractivity contribution >= 4 is 11.9 Å². The molecule has 5 nitrogen and oxygen atoms in total. The second-order valence-electron chi connectivity index (χ2n) is 4.72. The fraction of sp³-hybridized carbons (Fsp3) is 0.462. The van der Waals surface area contributed by atoms with Gasteiger partial charge in [0.1, 0.15) is 5.82 Å². The summed E-state index contributed by atoms with van der Waals surface area (Å²) in [6, 6.07) is 3.59. The topological polar surface area (TPSA) is 50.5 Å². The molecule has 3 heterocycles. The molecule has 0 bridgehead atoms. The first-order chi connectivity index (χ1) is 8.86. The van der Waals surface area contributed by atoms with Crippen LogP contribution in [0.25, 0.3) is 5.65 Å². The first kappa shape index (κ1) is 11.3. The van der Waals surface area contributed by atoms with Crippen molar-refractivity contribution in [2.75, 3.05) is 19.6 Å². The van der Waals surface area contributed by atoms with Gasteiger partial charge in [-0.15, -0.1) is 10.2 Å². The standard InChI is InChI=1S/C13H16N4O/c18-10-11-3-4-12-14-15-13(17(12)9-11)5-8-16-6-1-2-7-16/h3-4,9-10H,1-2,5-8H2. The van der Waals surface area contributed by atoms with Crippen LogP contribution in [0.1, 0.15) is 29.0 Å². The lowest BCUT2D eigenvalue weighted by molar-refractivity contribution is 0.112. The van der Waals surface area contributed by atoms with Gasteiger partial charge in [0.05, 0.1) is 0 Å². The minimum Gasteiger partial charge on any atom is -0.303 e. The molecule has 0 spiro atoms. The van der Waals surface area contributed by atoms with Crippen LogP contribution >= 0.6 is 0 Å².